The maximum Gasteiger partial charge on any atom is 0.339 e. The fraction of sp³-hybridized carbons (Fsp3) is 0.243. The normalized spacial score (nSPS) is 12.7. The Morgan fingerprint density at radius 1 is 1.05 bits per heavy atom. The molecule has 43 heavy (non-hydrogen) atoms. The fourth-order valence-corrected chi connectivity index (χ4v) is 4.86. The summed E-state index contributed by atoms with van der Waals surface area (Å²) in [6.45, 7) is 28.2. The number of fused-ring (bicyclic) bond motifs is 1. The van der Waals surface area contributed by atoms with E-state index in [1.165, 1.54) is 6.08 Å². The van der Waals surface area contributed by atoms with E-state index in [2.05, 4.69) is 66.0 Å². The lowest BCUT2D eigenvalue weighted by Gasteiger charge is -2.21. The summed E-state index contributed by atoms with van der Waals surface area (Å²) in [5.41, 5.74) is 6.39. The fourth-order valence-electron chi connectivity index (χ4n) is 4.60. The highest BCUT2D eigenvalue weighted by Crippen LogP contribution is 2.28. The van der Waals surface area contributed by atoms with Gasteiger partial charge in [0.25, 0.3) is 5.91 Å². The van der Waals surface area contributed by atoms with E-state index in [4.69, 9.17) is 4.74 Å². The highest BCUT2D eigenvalue weighted by atomic mass is 79.9. The molecule has 3 aromatic rings. The molecule has 1 heterocycles. The predicted molar refractivity (Wildman–Crippen MR) is 182 cm³/mol. The number of nitrogens with zero attached hydrogens (tertiary/aromatic N) is 1. The molecule has 1 amide bonds. The number of nitrogens with one attached hydrogen (secondary N) is 1. The highest BCUT2D eigenvalue weighted by molar-refractivity contribution is 9.10. The van der Waals surface area contributed by atoms with Crippen molar-refractivity contribution in [1.29, 1.82) is 0 Å². The first-order valence-corrected chi connectivity index (χ1v) is 14.9. The van der Waals surface area contributed by atoms with Crippen molar-refractivity contribution in [1.82, 2.24) is 9.88 Å². The summed E-state index contributed by atoms with van der Waals surface area (Å²) >= 11 is 3.45. The summed E-state index contributed by atoms with van der Waals surface area (Å²) in [6, 6.07) is 13.6. The van der Waals surface area contributed by atoms with Crippen LogP contribution in [-0.2, 0) is 16.1 Å². The van der Waals surface area contributed by atoms with Gasteiger partial charge in [-0.2, -0.15) is 0 Å². The van der Waals surface area contributed by atoms with Gasteiger partial charge in [-0.05, 0) is 106 Å². The molecule has 0 aliphatic heterocycles. The van der Waals surface area contributed by atoms with E-state index in [1.54, 1.807) is 12.2 Å². The molecule has 0 aliphatic carbocycles. The molecule has 1 aromatic heterocycles. The quantitative estimate of drug-likeness (QED) is 0.129. The molecule has 3 rings (SSSR count). The van der Waals surface area contributed by atoms with Crippen LogP contribution in [-0.4, -0.2) is 22.0 Å². The van der Waals surface area contributed by atoms with Crippen LogP contribution in [0.15, 0.2) is 120 Å². The summed E-state index contributed by atoms with van der Waals surface area (Å²) in [5.74, 6) is -0.601. The van der Waals surface area contributed by atoms with E-state index >= 15 is 0 Å². The standard InChI is InChI=1S/C37H41BrN2O3/c1-11-12-32(36(42)43-37(8,9)10)25(4)24(3)14-13-23(2)22-40-28(7)26(5)33-21-30(17-20-34(33)40)35(41)39-27(6)29-15-18-31(38)19-16-29/h11-21,27H,1-4,22H2,5-10H3,(H,39,41)/b14-13-,32-12+/t27-/m0/s1. The molecule has 224 valence electrons. The Balaban J connectivity index is 1.75. The average Bonchev–Trinajstić information content (AvgIpc) is 3.17. The largest absolute Gasteiger partial charge is 0.456 e. The maximum absolute atomic E-state index is 13.1. The number of aromatic nitrogens is 1. The molecular formula is C37H41BrN2O3. The third kappa shape index (κ3) is 8.45. The third-order valence-electron chi connectivity index (χ3n) is 7.12. The van der Waals surface area contributed by atoms with Crippen molar-refractivity contribution in [2.75, 3.05) is 0 Å². The Morgan fingerprint density at radius 2 is 1.70 bits per heavy atom. The van der Waals surface area contributed by atoms with Crippen LogP contribution >= 0.6 is 15.9 Å². The molecule has 0 saturated carbocycles. The van der Waals surface area contributed by atoms with Crippen LogP contribution < -0.4 is 5.32 Å². The van der Waals surface area contributed by atoms with Crippen LogP contribution in [0.25, 0.3) is 10.9 Å². The summed E-state index contributed by atoms with van der Waals surface area (Å²) < 4.78 is 8.70. The van der Waals surface area contributed by atoms with Crippen LogP contribution in [0.5, 0.6) is 0 Å². The second kappa shape index (κ2) is 13.9. The van der Waals surface area contributed by atoms with E-state index in [1.807, 2.05) is 76.2 Å². The zero-order valence-electron chi connectivity index (χ0n) is 26.0. The second-order valence-electron chi connectivity index (χ2n) is 11.6. The second-order valence-corrected chi connectivity index (χ2v) is 12.5. The molecule has 2 aromatic carbocycles. The monoisotopic (exact) mass is 640 g/mol. The van der Waals surface area contributed by atoms with Crippen molar-refractivity contribution < 1.29 is 14.3 Å². The van der Waals surface area contributed by atoms with Gasteiger partial charge in [-0.25, -0.2) is 4.79 Å². The van der Waals surface area contributed by atoms with Gasteiger partial charge in [0.05, 0.1) is 11.6 Å². The van der Waals surface area contributed by atoms with Crippen molar-refractivity contribution in [2.24, 2.45) is 0 Å². The topological polar surface area (TPSA) is 60.3 Å². The third-order valence-corrected chi connectivity index (χ3v) is 7.64. The molecule has 0 bridgehead atoms. The van der Waals surface area contributed by atoms with Gasteiger partial charge < -0.3 is 14.6 Å². The van der Waals surface area contributed by atoms with Gasteiger partial charge in [-0.3, -0.25) is 4.79 Å². The molecule has 1 atom stereocenters. The molecule has 0 fully saturated rings. The van der Waals surface area contributed by atoms with E-state index < -0.39 is 11.6 Å². The highest BCUT2D eigenvalue weighted by Gasteiger charge is 2.22. The first kappa shape index (κ1) is 33.3. The smallest absolute Gasteiger partial charge is 0.339 e. The van der Waals surface area contributed by atoms with Crippen molar-refractivity contribution in [3.63, 3.8) is 0 Å². The number of carbonyl (C=O) groups is 2. The number of esters is 1. The van der Waals surface area contributed by atoms with Crippen LogP contribution in [0.2, 0.25) is 0 Å². The summed E-state index contributed by atoms with van der Waals surface area (Å²) in [5, 5.41) is 4.12. The number of rotatable bonds is 11. The Labute approximate surface area is 264 Å². The van der Waals surface area contributed by atoms with Gasteiger partial charge in [0, 0.05) is 33.2 Å². The van der Waals surface area contributed by atoms with Gasteiger partial charge in [0.2, 0.25) is 0 Å². The first-order valence-electron chi connectivity index (χ1n) is 14.1. The number of halogens is 1. The van der Waals surface area contributed by atoms with Crippen molar-refractivity contribution in [3.05, 3.63) is 142 Å². The zero-order valence-corrected chi connectivity index (χ0v) is 27.6. The Bertz CT molecular complexity index is 1660. The molecule has 0 aliphatic rings. The lowest BCUT2D eigenvalue weighted by Crippen LogP contribution is -2.26. The minimum Gasteiger partial charge on any atom is -0.456 e. The van der Waals surface area contributed by atoms with Gasteiger partial charge in [0.15, 0.2) is 0 Å². The Kier molecular flexibility index (Phi) is 10.8. The van der Waals surface area contributed by atoms with Crippen molar-refractivity contribution in [3.8, 4) is 0 Å². The molecule has 1 N–H and O–H groups in total. The lowest BCUT2D eigenvalue weighted by molar-refractivity contribution is -0.149. The Morgan fingerprint density at radius 3 is 2.30 bits per heavy atom. The minimum atomic E-state index is -0.637. The number of ether oxygens (including phenoxy) is 1. The molecule has 0 saturated heterocycles. The molecule has 0 unspecified atom stereocenters. The van der Waals surface area contributed by atoms with Crippen molar-refractivity contribution >= 4 is 38.7 Å². The van der Waals surface area contributed by atoms with Crippen molar-refractivity contribution in [2.45, 2.75) is 59.7 Å². The summed E-state index contributed by atoms with van der Waals surface area (Å²) in [6.07, 6.45) is 6.79. The number of aryl methyl sites for hydroxylation is 1. The maximum atomic E-state index is 13.1. The summed E-state index contributed by atoms with van der Waals surface area (Å²) in [7, 11) is 0. The number of hydrogen-bond donors (Lipinski definition) is 1. The zero-order chi connectivity index (χ0) is 32.1. The number of hydrogen-bond acceptors (Lipinski definition) is 3. The predicted octanol–water partition coefficient (Wildman–Crippen LogP) is 9.19. The number of allylic oxidation sites excluding steroid dienone is 6. The van der Waals surface area contributed by atoms with Gasteiger partial charge >= 0.3 is 5.97 Å². The van der Waals surface area contributed by atoms with Crippen LogP contribution in [0, 0.1) is 13.8 Å². The molecule has 5 nitrogen and oxygen atoms in total. The average molecular weight is 642 g/mol. The first-order chi connectivity index (χ1) is 20.1. The SMILES string of the molecule is C=C/C=C(\C(=C)C(=C)/C=C\C(=C)Cn1c(C)c(C)c2cc(C(=O)N[C@@H](C)c3ccc(Br)cc3)ccc21)C(=O)OC(C)(C)C. The molecule has 0 radical (unpaired) electrons. The van der Waals surface area contributed by atoms with E-state index in [-0.39, 0.29) is 11.9 Å². The van der Waals surface area contributed by atoms with E-state index in [0.29, 0.717) is 28.8 Å². The van der Waals surface area contributed by atoms with Crippen LogP contribution in [0.4, 0.5) is 0 Å². The number of amides is 1. The molecule has 6 heteroatoms. The molecule has 0 spiro atoms. The molecular weight excluding hydrogens is 600 g/mol. The summed E-state index contributed by atoms with van der Waals surface area (Å²) in [4.78, 5) is 25.8. The van der Waals surface area contributed by atoms with Crippen LogP contribution in [0.1, 0.15) is 60.9 Å². The number of benzene rings is 2. The lowest BCUT2D eigenvalue weighted by atomic mass is 9.99. The van der Waals surface area contributed by atoms with Gasteiger partial charge in [0.1, 0.15) is 5.60 Å². The number of carbonyl (C=O) groups excluding carboxylic acids is 2. The van der Waals surface area contributed by atoms with Crippen LogP contribution in [0.3, 0.4) is 0 Å². The van der Waals surface area contributed by atoms with E-state index in [9.17, 15) is 9.59 Å². The van der Waals surface area contributed by atoms with Gasteiger partial charge in [-0.15, -0.1) is 0 Å². The minimum absolute atomic E-state index is 0.121. The Hall–Kier alpha value is -4.16. The van der Waals surface area contributed by atoms with Gasteiger partial charge in [-0.1, -0.05) is 72.6 Å². The van der Waals surface area contributed by atoms with E-state index in [0.717, 1.165) is 37.8 Å².